The Morgan fingerprint density at radius 1 is 0.872 bits per heavy atom. The number of rotatable bonds is 8. The molecule has 1 aromatic heterocycles. The van der Waals surface area contributed by atoms with Crippen LogP contribution in [0.3, 0.4) is 0 Å². The zero-order chi connectivity index (χ0) is 33.9. The molecule has 47 heavy (non-hydrogen) atoms. The zero-order valence-corrected chi connectivity index (χ0v) is 26.3. The highest BCUT2D eigenvalue weighted by Gasteiger charge is 2.39. The fraction of sp³-hybridized carbons (Fsp3) is 0.333. The number of aryl methyl sites for hydroxylation is 1. The van der Waals surface area contributed by atoms with Gasteiger partial charge in [-0.1, -0.05) is 59.8 Å². The summed E-state index contributed by atoms with van der Waals surface area (Å²) in [6.45, 7) is 3.79. The number of alkyl halides is 6. The molecule has 248 valence electrons. The van der Waals surface area contributed by atoms with Crippen LogP contribution in [0.5, 0.6) is 0 Å². The largest absolute Gasteiger partial charge is 0.416 e. The molecule has 3 aromatic carbocycles. The van der Waals surface area contributed by atoms with Crippen molar-refractivity contribution in [3.05, 3.63) is 95.1 Å². The van der Waals surface area contributed by atoms with Crippen molar-refractivity contribution in [2.45, 2.75) is 50.2 Å². The van der Waals surface area contributed by atoms with Gasteiger partial charge in [0, 0.05) is 54.7 Å². The van der Waals surface area contributed by atoms with E-state index in [0.29, 0.717) is 35.3 Å². The van der Waals surface area contributed by atoms with Crippen molar-refractivity contribution in [1.82, 2.24) is 24.6 Å². The van der Waals surface area contributed by atoms with E-state index in [2.05, 4.69) is 10.2 Å². The molecule has 1 unspecified atom stereocenters. The van der Waals surface area contributed by atoms with Crippen molar-refractivity contribution in [3.8, 4) is 17.1 Å². The van der Waals surface area contributed by atoms with Crippen molar-refractivity contribution in [2.75, 3.05) is 25.4 Å². The predicted molar refractivity (Wildman–Crippen MR) is 165 cm³/mol. The number of amides is 2. The summed E-state index contributed by atoms with van der Waals surface area (Å²) in [4.78, 5) is 28.9. The minimum absolute atomic E-state index is 0.0102. The maximum Gasteiger partial charge on any atom is 0.416 e. The Labute approximate surface area is 271 Å². The molecule has 0 bridgehead atoms. The van der Waals surface area contributed by atoms with Crippen molar-refractivity contribution in [1.29, 1.82) is 0 Å². The highest BCUT2D eigenvalue weighted by Crippen LogP contribution is 2.37. The summed E-state index contributed by atoms with van der Waals surface area (Å²) in [7, 11) is 0. The van der Waals surface area contributed by atoms with Crippen LogP contribution in [0, 0.1) is 6.92 Å². The zero-order valence-electron chi connectivity index (χ0n) is 25.5. The van der Waals surface area contributed by atoms with E-state index in [1.54, 1.807) is 11.8 Å². The van der Waals surface area contributed by atoms with Crippen molar-refractivity contribution in [3.63, 3.8) is 0 Å². The Balaban J connectivity index is 1.19. The fourth-order valence-electron chi connectivity index (χ4n) is 5.34. The standard InChI is InChI=1S/C33H31F6N5O2S/c1-21-10-12-27(13-11-21)44-29(23-7-4-3-5-8-23)40-41-31(44)47-16-6-9-28(45)42-14-15-43(22(2)20-42)30(46)24-17-25(32(34,35)36)19-26(18-24)33(37,38)39/h3-5,7-8,10-13,17-19,22H,6,9,14-16,20H2,1-2H3. The number of carbonyl (C=O) groups excluding carboxylic acids is 2. The molecule has 14 heteroatoms. The number of hydrogen-bond acceptors (Lipinski definition) is 5. The third-order valence-corrected chi connectivity index (χ3v) is 8.81. The maximum absolute atomic E-state index is 13.3. The second-order valence-electron chi connectivity index (χ2n) is 11.3. The summed E-state index contributed by atoms with van der Waals surface area (Å²) in [6, 6.07) is 17.9. The molecular weight excluding hydrogens is 644 g/mol. The molecule has 4 aromatic rings. The second kappa shape index (κ2) is 13.8. The van der Waals surface area contributed by atoms with Gasteiger partial charge in [0.2, 0.25) is 5.91 Å². The second-order valence-corrected chi connectivity index (χ2v) is 12.3. The Bertz CT molecular complexity index is 1690. The van der Waals surface area contributed by atoms with Crippen molar-refractivity contribution >= 4 is 23.6 Å². The topological polar surface area (TPSA) is 71.3 Å². The summed E-state index contributed by atoms with van der Waals surface area (Å²) in [5.74, 6) is 0.141. The monoisotopic (exact) mass is 675 g/mol. The van der Waals surface area contributed by atoms with E-state index in [-0.39, 0.29) is 38.0 Å². The van der Waals surface area contributed by atoms with Gasteiger partial charge < -0.3 is 9.80 Å². The summed E-state index contributed by atoms with van der Waals surface area (Å²) in [5.41, 5.74) is -0.888. The molecule has 7 nitrogen and oxygen atoms in total. The van der Waals surface area contributed by atoms with Gasteiger partial charge in [0.05, 0.1) is 11.1 Å². The van der Waals surface area contributed by atoms with E-state index >= 15 is 0 Å². The average Bonchev–Trinajstić information content (AvgIpc) is 3.46. The van der Waals surface area contributed by atoms with Gasteiger partial charge >= 0.3 is 12.4 Å². The van der Waals surface area contributed by atoms with Gasteiger partial charge in [0.15, 0.2) is 11.0 Å². The molecule has 1 saturated heterocycles. The molecule has 1 aliphatic rings. The summed E-state index contributed by atoms with van der Waals surface area (Å²) < 4.78 is 81.9. The first-order valence-electron chi connectivity index (χ1n) is 14.8. The Morgan fingerprint density at radius 3 is 2.11 bits per heavy atom. The minimum Gasteiger partial charge on any atom is -0.339 e. The molecule has 0 aliphatic carbocycles. The lowest BCUT2D eigenvalue weighted by Crippen LogP contribution is -2.55. The molecule has 1 aliphatic heterocycles. The molecule has 5 rings (SSSR count). The van der Waals surface area contributed by atoms with Gasteiger partial charge in [-0.2, -0.15) is 26.3 Å². The molecule has 2 heterocycles. The van der Waals surface area contributed by atoms with Crippen LogP contribution >= 0.6 is 11.8 Å². The summed E-state index contributed by atoms with van der Waals surface area (Å²) >= 11 is 1.46. The third kappa shape index (κ3) is 7.98. The minimum atomic E-state index is -5.06. The van der Waals surface area contributed by atoms with Crippen molar-refractivity contribution in [2.24, 2.45) is 0 Å². The lowest BCUT2D eigenvalue weighted by molar-refractivity contribution is -0.143. The van der Waals surface area contributed by atoms with Crippen LogP contribution in [0.25, 0.3) is 17.1 Å². The maximum atomic E-state index is 13.3. The lowest BCUT2D eigenvalue weighted by atomic mass is 10.0. The number of carbonyl (C=O) groups is 2. The van der Waals surface area contributed by atoms with Crippen molar-refractivity contribution < 1.29 is 35.9 Å². The lowest BCUT2D eigenvalue weighted by Gasteiger charge is -2.40. The highest BCUT2D eigenvalue weighted by molar-refractivity contribution is 7.99. The predicted octanol–water partition coefficient (Wildman–Crippen LogP) is 7.53. The van der Waals surface area contributed by atoms with Gasteiger partial charge in [-0.25, -0.2) is 0 Å². The smallest absolute Gasteiger partial charge is 0.339 e. The van der Waals surface area contributed by atoms with Gasteiger partial charge in [-0.05, 0) is 50.6 Å². The van der Waals surface area contributed by atoms with Crippen LogP contribution in [0.15, 0.2) is 78.0 Å². The Hall–Kier alpha value is -4.33. The Morgan fingerprint density at radius 2 is 1.51 bits per heavy atom. The van der Waals surface area contributed by atoms with E-state index < -0.39 is 41.0 Å². The van der Waals surface area contributed by atoms with Crippen LogP contribution in [0.1, 0.15) is 46.8 Å². The third-order valence-electron chi connectivity index (χ3n) is 7.80. The van der Waals surface area contributed by atoms with Crippen LogP contribution in [-0.4, -0.2) is 67.8 Å². The molecule has 0 radical (unpaired) electrons. The van der Waals surface area contributed by atoms with E-state index in [9.17, 15) is 35.9 Å². The number of halogens is 6. The molecule has 1 fully saturated rings. The molecule has 2 amide bonds. The number of hydrogen-bond donors (Lipinski definition) is 0. The number of nitrogens with zero attached hydrogens (tertiary/aromatic N) is 5. The number of piperazine rings is 1. The first-order chi connectivity index (χ1) is 22.2. The molecule has 1 atom stereocenters. The van der Waals surface area contributed by atoms with Gasteiger partial charge in [0.1, 0.15) is 0 Å². The van der Waals surface area contributed by atoms with E-state index in [1.165, 1.54) is 16.7 Å². The van der Waals surface area contributed by atoms with Crippen LogP contribution < -0.4 is 0 Å². The SMILES string of the molecule is Cc1ccc(-n2c(SCCCC(=O)N3CCN(C(=O)c4cc(C(F)(F)F)cc(C(F)(F)F)c4)C(C)C3)nnc2-c2ccccc2)cc1. The summed E-state index contributed by atoms with van der Waals surface area (Å²) in [5, 5.41) is 9.51. The molecule has 0 N–H and O–H groups in total. The van der Waals surface area contributed by atoms with Gasteiger partial charge in [-0.3, -0.25) is 14.2 Å². The Kier molecular flexibility index (Phi) is 9.99. The van der Waals surface area contributed by atoms with E-state index in [1.807, 2.05) is 66.1 Å². The van der Waals surface area contributed by atoms with Gasteiger partial charge in [0.25, 0.3) is 5.91 Å². The van der Waals surface area contributed by atoms with Crippen LogP contribution in [0.2, 0.25) is 0 Å². The first kappa shape index (κ1) is 34.0. The number of benzene rings is 3. The quantitative estimate of drug-likeness (QED) is 0.110. The fourth-order valence-corrected chi connectivity index (χ4v) is 6.23. The van der Waals surface area contributed by atoms with Crippen LogP contribution in [0.4, 0.5) is 26.3 Å². The molecule has 0 saturated carbocycles. The first-order valence-corrected chi connectivity index (χ1v) is 15.8. The molecule has 0 spiro atoms. The normalized spacial score (nSPS) is 15.6. The average molecular weight is 676 g/mol. The number of thioether (sulfide) groups is 1. The number of aromatic nitrogens is 3. The summed E-state index contributed by atoms with van der Waals surface area (Å²) in [6.07, 6.45) is -9.40. The van der Waals surface area contributed by atoms with Gasteiger partial charge in [-0.15, -0.1) is 10.2 Å². The van der Waals surface area contributed by atoms with E-state index in [4.69, 9.17) is 0 Å². The van der Waals surface area contributed by atoms with Crippen LogP contribution in [-0.2, 0) is 17.1 Å². The van der Waals surface area contributed by atoms with E-state index in [0.717, 1.165) is 16.8 Å². The highest BCUT2D eigenvalue weighted by atomic mass is 32.2. The molecular formula is C33H31F6N5O2S.